The average molecular weight is 268 g/mol. The third-order valence-electron chi connectivity index (χ3n) is 6.05. The number of rotatable bonds is 0. The molecule has 4 nitrogen and oxygen atoms in total. The van der Waals surface area contributed by atoms with Gasteiger partial charge >= 0.3 is 5.97 Å². The number of esters is 1. The van der Waals surface area contributed by atoms with E-state index < -0.39 is 12.2 Å². The minimum absolute atomic E-state index is 0.0284. The predicted molar refractivity (Wildman–Crippen MR) is 69.2 cm³/mol. The Morgan fingerprint density at radius 2 is 1.95 bits per heavy atom. The SMILES string of the molecule is C[C@@H]1C[C@H]2OC(=O)[C@@H](C)[C@H]2C[C@@]2(C)[C@H]1[C@@H](O)C[C@@H]2O. The molecule has 0 aromatic rings. The molecule has 4 heteroatoms. The third-order valence-corrected chi connectivity index (χ3v) is 6.05. The summed E-state index contributed by atoms with van der Waals surface area (Å²) in [6, 6.07) is 0. The van der Waals surface area contributed by atoms with Crippen LogP contribution in [0.1, 0.15) is 40.0 Å². The second-order valence-electron chi connectivity index (χ2n) is 7.20. The van der Waals surface area contributed by atoms with Crippen molar-refractivity contribution in [3.8, 4) is 0 Å². The first-order chi connectivity index (χ1) is 8.84. The van der Waals surface area contributed by atoms with Gasteiger partial charge in [0.1, 0.15) is 6.10 Å². The Bertz CT molecular complexity index is 396. The van der Waals surface area contributed by atoms with E-state index in [4.69, 9.17) is 4.74 Å². The van der Waals surface area contributed by atoms with Gasteiger partial charge in [-0.3, -0.25) is 4.79 Å². The fourth-order valence-electron chi connectivity index (χ4n) is 5.00. The first-order valence-corrected chi connectivity index (χ1v) is 7.41. The highest BCUT2D eigenvalue weighted by atomic mass is 16.6. The van der Waals surface area contributed by atoms with Crippen LogP contribution >= 0.6 is 0 Å². The maximum absolute atomic E-state index is 11.8. The molecule has 0 unspecified atom stereocenters. The molecule has 0 radical (unpaired) electrons. The molecule has 8 atom stereocenters. The lowest BCUT2D eigenvalue weighted by molar-refractivity contribution is -0.144. The number of aliphatic hydroxyl groups is 2. The van der Waals surface area contributed by atoms with Gasteiger partial charge in [-0.15, -0.1) is 0 Å². The molecule has 0 aromatic heterocycles. The highest BCUT2D eigenvalue weighted by Gasteiger charge is 2.59. The van der Waals surface area contributed by atoms with Gasteiger partial charge < -0.3 is 14.9 Å². The molecule has 2 saturated carbocycles. The number of carbonyl (C=O) groups is 1. The molecule has 3 rings (SSSR count). The largest absolute Gasteiger partial charge is 0.462 e. The van der Waals surface area contributed by atoms with Crippen molar-refractivity contribution in [3.63, 3.8) is 0 Å². The zero-order valence-corrected chi connectivity index (χ0v) is 11.9. The van der Waals surface area contributed by atoms with E-state index in [9.17, 15) is 15.0 Å². The van der Waals surface area contributed by atoms with Gasteiger partial charge in [-0.05, 0) is 30.1 Å². The van der Waals surface area contributed by atoms with E-state index in [0.717, 1.165) is 12.8 Å². The monoisotopic (exact) mass is 268 g/mol. The van der Waals surface area contributed by atoms with E-state index in [1.54, 1.807) is 0 Å². The van der Waals surface area contributed by atoms with Crippen LogP contribution in [0.15, 0.2) is 0 Å². The van der Waals surface area contributed by atoms with Crippen LogP contribution in [0.2, 0.25) is 0 Å². The van der Waals surface area contributed by atoms with Gasteiger partial charge in [0.2, 0.25) is 0 Å². The maximum Gasteiger partial charge on any atom is 0.309 e. The number of aliphatic hydroxyl groups excluding tert-OH is 2. The summed E-state index contributed by atoms with van der Waals surface area (Å²) in [7, 11) is 0. The van der Waals surface area contributed by atoms with Crippen molar-refractivity contribution >= 4 is 5.97 Å². The highest BCUT2D eigenvalue weighted by molar-refractivity contribution is 5.74. The fourth-order valence-corrected chi connectivity index (χ4v) is 5.00. The first kappa shape index (κ1) is 13.4. The van der Waals surface area contributed by atoms with Gasteiger partial charge in [0.05, 0.1) is 18.1 Å². The number of ether oxygens (including phenoxy) is 1. The van der Waals surface area contributed by atoms with Crippen molar-refractivity contribution < 1.29 is 19.7 Å². The molecule has 1 aliphatic heterocycles. The number of fused-ring (bicyclic) bond motifs is 2. The van der Waals surface area contributed by atoms with E-state index in [1.165, 1.54) is 0 Å². The molecular formula is C15H24O4. The Morgan fingerprint density at radius 3 is 2.63 bits per heavy atom. The lowest BCUT2D eigenvalue weighted by Gasteiger charge is -2.37. The number of hydrogen-bond acceptors (Lipinski definition) is 4. The lowest BCUT2D eigenvalue weighted by atomic mass is 9.68. The molecule has 3 fully saturated rings. The van der Waals surface area contributed by atoms with Crippen molar-refractivity contribution in [3.05, 3.63) is 0 Å². The molecule has 19 heavy (non-hydrogen) atoms. The molecule has 1 heterocycles. The third kappa shape index (κ3) is 1.76. The van der Waals surface area contributed by atoms with Gasteiger partial charge in [0.25, 0.3) is 0 Å². The second-order valence-corrected chi connectivity index (χ2v) is 7.20. The molecule has 3 aliphatic rings. The Labute approximate surface area is 114 Å². The maximum atomic E-state index is 11.8. The number of hydrogen-bond donors (Lipinski definition) is 2. The summed E-state index contributed by atoms with van der Waals surface area (Å²) in [4.78, 5) is 11.8. The van der Waals surface area contributed by atoms with Crippen molar-refractivity contribution in [2.45, 2.75) is 58.3 Å². The molecule has 1 saturated heterocycles. The molecular weight excluding hydrogens is 244 g/mol. The second kappa shape index (κ2) is 4.19. The van der Waals surface area contributed by atoms with Gasteiger partial charge in [0, 0.05) is 12.3 Å². The zero-order chi connectivity index (χ0) is 13.9. The summed E-state index contributed by atoms with van der Waals surface area (Å²) in [5, 5.41) is 20.7. The highest BCUT2D eigenvalue weighted by Crippen LogP contribution is 2.57. The first-order valence-electron chi connectivity index (χ1n) is 7.41. The topological polar surface area (TPSA) is 66.8 Å². The normalized spacial score (nSPS) is 57.3. The molecule has 0 aromatic carbocycles. The summed E-state index contributed by atoms with van der Waals surface area (Å²) in [6.07, 6.45) is 1.12. The quantitative estimate of drug-likeness (QED) is 0.651. The van der Waals surface area contributed by atoms with Crippen LogP contribution in [0.5, 0.6) is 0 Å². The zero-order valence-electron chi connectivity index (χ0n) is 11.9. The summed E-state index contributed by atoms with van der Waals surface area (Å²) in [5.41, 5.74) is -0.291. The van der Waals surface area contributed by atoms with Crippen molar-refractivity contribution in [1.82, 2.24) is 0 Å². The Balaban J connectivity index is 1.96. The minimum Gasteiger partial charge on any atom is -0.462 e. The predicted octanol–water partition coefficient (Wildman–Crippen LogP) is 1.34. The minimum atomic E-state index is -0.475. The average Bonchev–Trinajstić information content (AvgIpc) is 2.63. The summed E-state index contributed by atoms with van der Waals surface area (Å²) >= 11 is 0. The van der Waals surface area contributed by atoms with E-state index >= 15 is 0 Å². The summed E-state index contributed by atoms with van der Waals surface area (Å²) in [5.74, 6) is 0.379. The van der Waals surface area contributed by atoms with Crippen molar-refractivity contribution in [1.29, 1.82) is 0 Å². The van der Waals surface area contributed by atoms with E-state index in [1.807, 2.05) is 6.92 Å². The van der Waals surface area contributed by atoms with Crippen LogP contribution in [-0.2, 0) is 9.53 Å². The summed E-state index contributed by atoms with van der Waals surface area (Å²) < 4.78 is 5.51. The molecule has 2 aliphatic carbocycles. The Kier molecular flexibility index (Phi) is 2.95. The van der Waals surface area contributed by atoms with E-state index in [0.29, 0.717) is 6.42 Å². The van der Waals surface area contributed by atoms with Crippen molar-refractivity contribution in [2.24, 2.45) is 29.1 Å². The molecule has 2 N–H and O–H groups in total. The van der Waals surface area contributed by atoms with Gasteiger partial charge in [-0.2, -0.15) is 0 Å². The standard InChI is InChI=1S/C15H24O4/c1-7-4-11-9(8(2)14(18)19-11)6-15(3)12(17)5-10(16)13(7)15/h7-13,16-17H,4-6H2,1-3H3/t7-,8+,9-,10+,11-,12+,13-,15-/m1/s1. The fraction of sp³-hybridized carbons (Fsp3) is 0.933. The van der Waals surface area contributed by atoms with Crippen LogP contribution in [0.3, 0.4) is 0 Å². The van der Waals surface area contributed by atoms with Crippen LogP contribution in [-0.4, -0.2) is 34.5 Å². The van der Waals surface area contributed by atoms with Crippen LogP contribution < -0.4 is 0 Å². The van der Waals surface area contributed by atoms with Gasteiger partial charge in [-0.1, -0.05) is 20.8 Å². The lowest BCUT2D eigenvalue weighted by Crippen LogP contribution is -2.38. The molecule has 0 bridgehead atoms. The van der Waals surface area contributed by atoms with Crippen LogP contribution in [0.25, 0.3) is 0 Å². The molecule has 0 amide bonds. The van der Waals surface area contributed by atoms with Gasteiger partial charge in [-0.25, -0.2) is 0 Å². The number of carbonyl (C=O) groups excluding carboxylic acids is 1. The van der Waals surface area contributed by atoms with Crippen molar-refractivity contribution in [2.75, 3.05) is 0 Å². The smallest absolute Gasteiger partial charge is 0.309 e. The van der Waals surface area contributed by atoms with E-state index in [2.05, 4.69) is 13.8 Å². The Hall–Kier alpha value is -0.610. The van der Waals surface area contributed by atoms with E-state index in [-0.39, 0.29) is 41.2 Å². The van der Waals surface area contributed by atoms with Gasteiger partial charge in [0.15, 0.2) is 0 Å². The van der Waals surface area contributed by atoms with Crippen LogP contribution in [0.4, 0.5) is 0 Å². The molecule has 108 valence electrons. The Morgan fingerprint density at radius 1 is 1.26 bits per heavy atom. The molecule has 0 spiro atoms. The van der Waals surface area contributed by atoms with Crippen LogP contribution in [0, 0.1) is 29.1 Å². The summed E-state index contributed by atoms with van der Waals surface area (Å²) in [6.45, 7) is 6.12.